The zero-order valence-corrected chi connectivity index (χ0v) is 25.5. The maximum Gasteiger partial charge on any atom is 0.306 e. The molecule has 3 fully saturated rings. The predicted molar refractivity (Wildman–Crippen MR) is 156 cm³/mol. The van der Waals surface area contributed by atoms with Crippen molar-refractivity contribution in [2.24, 2.45) is 46.3 Å². The molecule has 0 aromatic carbocycles. The van der Waals surface area contributed by atoms with Crippen molar-refractivity contribution in [2.75, 3.05) is 0 Å². The molecule has 0 radical (unpaired) electrons. The van der Waals surface area contributed by atoms with Gasteiger partial charge in [0.2, 0.25) is 0 Å². The first-order chi connectivity index (χ1) is 17.7. The number of rotatable bonds is 12. The zero-order valence-electron chi connectivity index (χ0n) is 25.5. The normalized spacial score (nSPS) is 37.9. The first-order valence-electron chi connectivity index (χ1n) is 16.6. The van der Waals surface area contributed by atoms with Crippen LogP contribution in [-0.4, -0.2) is 12.1 Å². The van der Waals surface area contributed by atoms with E-state index in [4.69, 9.17) is 4.74 Å². The molecule has 4 rings (SSSR count). The summed E-state index contributed by atoms with van der Waals surface area (Å²) >= 11 is 0. The van der Waals surface area contributed by atoms with E-state index in [1.807, 2.05) is 0 Å². The molecule has 0 bridgehead atoms. The standard InChI is InChI=1S/C35H60O2/c1-7-8-9-10-11-15-33(36)37-28-20-22-34(5)27(24-28)16-17-29-31-19-18-30(26(4)14-12-13-25(2)3)35(31,6)23-21-32(29)34/h16,25-26,28-32H,7-15,17-24H2,1-6H3/t26-,28-,29-,30+,31-,32-,34-,35+/m0/s1. The van der Waals surface area contributed by atoms with Crippen molar-refractivity contribution in [3.8, 4) is 0 Å². The summed E-state index contributed by atoms with van der Waals surface area (Å²) in [5, 5.41) is 0. The number of allylic oxidation sites excluding steroid dienone is 1. The highest BCUT2D eigenvalue weighted by molar-refractivity contribution is 5.69. The van der Waals surface area contributed by atoms with Gasteiger partial charge in [-0.3, -0.25) is 4.79 Å². The molecule has 3 saturated carbocycles. The molecule has 0 aliphatic heterocycles. The molecule has 2 nitrogen and oxygen atoms in total. The van der Waals surface area contributed by atoms with Crippen molar-refractivity contribution < 1.29 is 9.53 Å². The topological polar surface area (TPSA) is 26.3 Å². The molecule has 4 aliphatic carbocycles. The Morgan fingerprint density at radius 3 is 2.49 bits per heavy atom. The molecule has 212 valence electrons. The average molecular weight is 513 g/mol. The molecular weight excluding hydrogens is 452 g/mol. The van der Waals surface area contributed by atoms with E-state index in [-0.39, 0.29) is 12.1 Å². The number of esters is 1. The first-order valence-corrected chi connectivity index (χ1v) is 16.6. The van der Waals surface area contributed by atoms with E-state index >= 15 is 0 Å². The van der Waals surface area contributed by atoms with Crippen LogP contribution in [-0.2, 0) is 9.53 Å². The van der Waals surface area contributed by atoms with Crippen LogP contribution in [0, 0.1) is 46.3 Å². The Balaban J connectivity index is 1.34. The van der Waals surface area contributed by atoms with E-state index < -0.39 is 0 Å². The molecule has 2 heteroatoms. The molecule has 0 saturated heterocycles. The van der Waals surface area contributed by atoms with Crippen molar-refractivity contribution in [3.63, 3.8) is 0 Å². The Bertz CT molecular complexity index is 782. The number of carbonyl (C=O) groups is 1. The largest absolute Gasteiger partial charge is 0.462 e. The quantitative estimate of drug-likeness (QED) is 0.148. The minimum Gasteiger partial charge on any atom is -0.462 e. The summed E-state index contributed by atoms with van der Waals surface area (Å²) in [6.45, 7) is 14.9. The third kappa shape index (κ3) is 6.35. The van der Waals surface area contributed by atoms with E-state index in [1.165, 1.54) is 77.0 Å². The number of carbonyl (C=O) groups excluding carboxylic acids is 1. The summed E-state index contributed by atoms with van der Waals surface area (Å²) in [6.07, 6.45) is 23.9. The predicted octanol–water partition coefficient (Wildman–Crippen LogP) is 10.3. The lowest BCUT2D eigenvalue weighted by molar-refractivity contribution is -0.151. The molecule has 0 heterocycles. The van der Waals surface area contributed by atoms with Gasteiger partial charge in [-0.25, -0.2) is 0 Å². The molecule has 0 N–H and O–H groups in total. The zero-order chi connectivity index (χ0) is 26.6. The summed E-state index contributed by atoms with van der Waals surface area (Å²) in [6, 6.07) is 0. The lowest BCUT2D eigenvalue weighted by Gasteiger charge is -2.58. The fourth-order valence-electron chi connectivity index (χ4n) is 9.87. The van der Waals surface area contributed by atoms with E-state index in [9.17, 15) is 4.79 Å². The van der Waals surface area contributed by atoms with Crippen LogP contribution in [0.3, 0.4) is 0 Å². The van der Waals surface area contributed by atoms with Crippen LogP contribution in [0.2, 0.25) is 0 Å². The highest BCUT2D eigenvalue weighted by Crippen LogP contribution is 2.67. The van der Waals surface area contributed by atoms with Crippen molar-refractivity contribution >= 4 is 5.97 Å². The molecule has 0 aromatic heterocycles. The van der Waals surface area contributed by atoms with Crippen molar-refractivity contribution in [3.05, 3.63) is 11.6 Å². The van der Waals surface area contributed by atoms with Gasteiger partial charge in [0, 0.05) is 12.8 Å². The van der Waals surface area contributed by atoms with Gasteiger partial charge in [-0.05, 0) is 97.7 Å². The molecule has 0 unspecified atom stereocenters. The maximum absolute atomic E-state index is 12.5. The first kappa shape index (κ1) is 29.2. The summed E-state index contributed by atoms with van der Waals surface area (Å²) in [4.78, 5) is 12.5. The minimum atomic E-state index is 0.0485. The third-order valence-corrected chi connectivity index (χ3v) is 12.0. The van der Waals surface area contributed by atoms with Crippen molar-refractivity contribution in [2.45, 2.75) is 157 Å². The van der Waals surface area contributed by atoms with Gasteiger partial charge in [-0.2, -0.15) is 0 Å². The third-order valence-electron chi connectivity index (χ3n) is 12.0. The highest BCUT2D eigenvalue weighted by Gasteiger charge is 2.59. The maximum atomic E-state index is 12.5. The minimum absolute atomic E-state index is 0.0485. The van der Waals surface area contributed by atoms with Crippen LogP contribution < -0.4 is 0 Å². The van der Waals surface area contributed by atoms with Gasteiger partial charge >= 0.3 is 5.97 Å². The van der Waals surface area contributed by atoms with Crippen LogP contribution in [0.1, 0.15) is 151 Å². The second kappa shape index (κ2) is 12.6. The second-order valence-corrected chi connectivity index (χ2v) is 14.8. The number of fused-ring (bicyclic) bond motifs is 5. The fourth-order valence-corrected chi connectivity index (χ4v) is 9.87. The van der Waals surface area contributed by atoms with Gasteiger partial charge in [0.15, 0.2) is 0 Å². The van der Waals surface area contributed by atoms with Crippen molar-refractivity contribution in [1.29, 1.82) is 0 Å². The number of hydrogen-bond acceptors (Lipinski definition) is 2. The van der Waals surface area contributed by atoms with Crippen LogP contribution >= 0.6 is 0 Å². The Morgan fingerprint density at radius 1 is 0.946 bits per heavy atom. The van der Waals surface area contributed by atoms with Crippen molar-refractivity contribution in [1.82, 2.24) is 0 Å². The van der Waals surface area contributed by atoms with Crippen LogP contribution in [0.15, 0.2) is 11.6 Å². The number of hydrogen-bond donors (Lipinski definition) is 0. The lowest BCUT2D eigenvalue weighted by Crippen LogP contribution is -2.51. The second-order valence-electron chi connectivity index (χ2n) is 14.8. The Kier molecular flexibility index (Phi) is 9.94. The average Bonchev–Trinajstić information content (AvgIpc) is 3.21. The molecule has 8 atom stereocenters. The molecule has 0 aromatic rings. The number of ether oxygens (including phenoxy) is 1. The fraction of sp³-hybridized carbons (Fsp3) is 0.914. The smallest absolute Gasteiger partial charge is 0.306 e. The van der Waals surface area contributed by atoms with Crippen LogP contribution in [0.25, 0.3) is 0 Å². The van der Waals surface area contributed by atoms with E-state index in [2.05, 4.69) is 47.6 Å². The molecule has 0 amide bonds. The van der Waals surface area contributed by atoms with Gasteiger partial charge in [0.05, 0.1) is 0 Å². The molecule has 37 heavy (non-hydrogen) atoms. The Morgan fingerprint density at radius 2 is 1.73 bits per heavy atom. The van der Waals surface area contributed by atoms with E-state index in [0.717, 1.165) is 61.2 Å². The Labute approximate surface area is 230 Å². The molecular formula is C35H60O2. The summed E-state index contributed by atoms with van der Waals surface area (Å²) in [5.74, 6) is 5.34. The van der Waals surface area contributed by atoms with Crippen LogP contribution in [0.4, 0.5) is 0 Å². The van der Waals surface area contributed by atoms with Gasteiger partial charge in [-0.15, -0.1) is 0 Å². The summed E-state index contributed by atoms with van der Waals surface area (Å²) in [7, 11) is 0. The monoisotopic (exact) mass is 512 g/mol. The summed E-state index contributed by atoms with van der Waals surface area (Å²) in [5.41, 5.74) is 2.54. The SMILES string of the molecule is CCCCCCCC(=O)O[C@H]1CC[C@@]2(C)C(=CC[C@H]3[C@@H]4CC[C@H]([C@@H](C)CCCC(C)C)[C@@]4(C)CC[C@@H]32)C1. The lowest BCUT2D eigenvalue weighted by atomic mass is 9.47. The summed E-state index contributed by atoms with van der Waals surface area (Å²) < 4.78 is 6.02. The van der Waals surface area contributed by atoms with Gasteiger partial charge in [0.25, 0.3) is 0 Å². The molecule has 4 aliphatic rings. The highest BCUT2D eigenvalue weighted by atomic mass is 16.5. The van der Waals surface area contributed by atoms with E-state index in [1.54, 1.807) is 5.57 Å². The van der Waals surface area contributed by atoms with Gasteiger partial charge in [-0.1, -0.05) is 98.1 Å². The van der Waals surface area contributed by atoms with Crippen LogP contribution in [0.5, 0.6) is 0 Å². The van der Waals surface area contributed by atoms with Gasteiger partial charge in [0.1, 0.15) is 6.10 Å². The number of unbranched alkanes of at least 4 members (excludes halogenated alkanes) is 4. The van der Waals surface area contributed by atoms with E-state index in [0.29, 0.717) is 17.3 Å². The van der Waals surface area contributed by atoms with Gasteiger partial charge < -0.3 is 4.74 Å². The molecule has 0 spiro atoms. The Hall–Kier alpha value is -0.790.